The highest BCUT2D eigenvalue weighted by molar-refractivity contribution is 6.30. The zero-order chi connectivity index (χ0) is 32.6. The molecule has 1 N–H and O–H groups in total. The minimum atomic E-state index is -2.92. The van der Waals surface area contributed by atoms with Gasteiger partial charge in [0.15, 0.2) is 0 Å². The van der Waals surface area contributed by atoms with Crippen LogP contribution in [0.15, 0.2) is 72.8 Å². The number of halogens is 3. The Bertz CT molecular complexity index is 1630. The summed E-state index contributed by atoms with van der Waals surface area (Å²) in [5.74, 6) is -1.30. The van der Waals surface area contributed by atoms with Gasteiger partial charge in [0.1, 0.15) is 11.5 Å². The minimum absolute atomic E-state index is 0.0254. The molecular formula is C37H41ClF2N2O3. The Balaban J connectivity index is 1.24. The third kappa shape index (κ3) is 9.27. The van der Waals surface area contributed by atoms with Gasteiger partial charge < -0.3 is 15.0 Å². The summed E-state index contributed by atoms with van der Waals surface area (Å²) in [6, 6.07) is 17.9. The maximum absolute atomic E-state index is 13.6. The van der Waals surface area contributed by atoms with Gasteiger partial charge in [0.05, 0.1) is 6.54 Å². The van der Waals surface area contributed by atoms with E-state index in [9.17, 15) is 18.4 Å². The second-order valence-electron chi connectivity index (χ2n) is 11.7. The molecular weight excluding hydrogens is 594 g/mol. The molecule has 8 heteroatoms. The molecule has 0 radical (unpaired) electrons. The summed E-state index contributed by atoms with van der Waals surface area (Å²) < 4.78 is 33.0. The summed E-state index contributed by atoms with van der Waals surface area (Å²) in [6.07, 6.45) is 9.92. The number of ether oxygens (including phenoxy) is 1. The van der Waals surface area contributed by atoms with Crippen molar-refractivity contribution in [3.8, 4) is 11.5 Å². The van der Waals surface area contributed by atoms with E-state index < -0.39 is 18.4 Å². The number of benzene rings is 3. The van der Waals surface area contributed by atoms with Crippen molar-refractivity contribution in [2.24, 2.45) is 11.8 Å². The molecule has 1 aliphatic rings. The summed E-state index contributed by atoms with van der Waals surface area (Å²) in [5, 5.41) is 4.97. The van der Waals surface area contributed by atoms with Crippen molar-refractivity contribution in [3.05, 3.63) is 105 Å². The number of amides is 2. The van der Waals surface area contributed by atoms with Crippen molar-refractivity contribution >= 4 is 35.6 Å². The van der Waals surface area contributed by atoms with Crippen LogP contribution in [0.3, 0.4) is 0 Å². The number of alkyl halides is 2. The molecule has 0 aromatic heterocycles. The Labute approximate surface area is 269 Å². The molecule has 1 heterocycles. The fraction of sp³-hybridized carbons (Fsp3) is 0.351. The van der Waals surface area contributed by atoms with E-state index in [1.165, 1.54) is 6.92 Å². The van der Waals surface area contributed by atoms with Gasteiger partial charge >= 0.3 is 0 Å². The number of likely N-dealkylation sites (tertiary alicyclic amines) is 1. The highest BCUT2D eigenvalue weighted by atomic mass is 35.5. The van der Waals surface area contributed by atoms with Crippen molar-refractivity contribution in [1.82, 2.24) is 10.2 Å². The monoisotopic (exact) mass is 634 g/mol. The van der Waals surface area contributed by atoms with Gasteiger partial charge in [-0.2, -0.15) is 0 Å². The van der Waals surface area contributed by atoms with Crippen LogP contribution in [-0.4, -0.2) is 42.3 Å². The number of nitrogens with zero attached hydrogens (tertiary/aromatic N) is 1. The molecule has 4 rings (SSSR count). The Hall–Kier alpha value is -3.97. The van der Waals surface area contributed by atoms with Crippen molar-refractivity contribution < 1.29 is 23.1 Å². The van der Waals surface area contributed by atoms with Gasteiger partial charge in [0.2, 0.25) is 0 Å². The van der Waals surface area contributed by atoms with Crippen LogP contribution in [0.4, 0.5) is 8.78 Å². The van der Waals surface area contributed by atoms with Crippen LogP contribution >= 0.6 is 11.6 Å². The first-order valence-corrected chi connectivity index (χ1v) is 15.8. The Morgan fingerprint density at radius 1 is 1.07 bits per heavy atom. The molecule has 1 atom stereocenters. The highest BCUT2D eigenvalue weighted by Crippen LogP contribution is 2.26. The molecule has 238 valence electrons. The van der Waals surface area contributed by atoms with Crippen LogP contribution in [0.5, 0.6) is 11.5 Å². The SMILES string of the molecule is CC=c1c(C)c(C(=O)NCC(F)(F)CC)ccc1=CCC(C)C=CCC1CN(C(=O)c2ccc(Oc3ccc(Cl)cc3)cc2)C1. The number of carbonyl (C=O) groups excluding carboxylic acids is 2. The summed E-state index contributed by atoms with van der Waals surface area (Å²) >= 11 is 5.92. The molecule has 1 saturated heterocycles. The van der Waals surface area contributed by atoms with E-state index in [4.69, 9.17) is 16.3 Å². The van der Waals surface area contributed by atoms with E-state index in [1.807, 2.05) is 30.9 Å². The molecule has 1 fully saturated rings. The van der Waals surface area contributed by atoms with Crippen LogP contribution in [0, 0.1) is 18.8 Å². The predicted molar refractivity (Wildman–Crippen MR) is 178 cm³/mol. The first-order valence-electron chi connectivity index (χ1n) is 15.4. The molecule has 0 saturated carbocycles. The molecule has 3 aromatic carbocycles. The average Bonchev–Trinajstić information content (AvgIpc) is 3.01. The van der Waals surface area contributed by atoms with Crippen LogP contribution in [-0.2, 0) is 0 Å². The van der Waals surface area contributed by atoms with Gasteiger partial charge in [-0.3, -0.25) is 9.59 Å². The standard InChI is InChI=1S/C37H41ClF2N2O3/c1-5-33-26(4)34(35(43)41-24-37(39,40)6-2)21-14-28(33)11-10-25(3)8-7-9-27-22-42(23-27)36(44)29-12-17-31(18-13-29)45-32-19-15-30(38)16-20-32/h5,7-8,11-21,25,27H,6,9-10,22-24H2,1-4H3,(H,41,43). The van der Waals surface area contributed by atoms with Gasteiger partial charge in [-0.25, -0.2) is 8.78 Å². The van der Waals surface area contributed by atoms with Crippen molar-refractivity contribution in [2.75, 3.05) is 19.6 Å². The molecule has 0 aliphatic carbocycles. The lowest BCUT2D eigenvalue weighted by atomic mass is 9.94. The summed E-state index contributed by atoms with van der Waals surface area (Å²) in [4.78, 5) is 27.3. The van der Waals surface area contributed by atoms with E-state index in [0.717, 1.165) is 41.9 Å². The van der Waals surface area contributed by atoms with Gasteiger partial charge in [-0.1, -0.05) is 55.8 Å². The zero-order valence-electron chi connectivity index (χ0n) is 26.3. The van der Waals surface area contributed by atoms with E-state index >= 15 is 0 Å². The number of allylic oxidation sites excluding steroid dienone is 2. The molecule has 0 spiro atoms. The average molecular weight is 635 g/mol. The van der Waals surface area contributed by atoms with Crippen LogP contribution < -0.4 is 20.5 Å². The first-order chi connectivity index (χ1) is 21.5. The van der Waals surface area contributed by atoms with Gasteiger partial charge in [-0.05, 0) is 109 Å². The van der Waals surface area contributed by atoms with E-state index in [1.54, 1.807) is 54.6 Å². The first kappa shape index (κ1) is 33.9. The van der Waals surface area contributed by atoms with Crippen molar-refractivity contribution in [1.29, 1.82) is 0 Å². The van der Waals surface area contributed by atoms with Crippen LogP contribution in [0.1, 0.15) is 66.3 Å². The second kappa shape index (κ2) is 15.3. The van der Waals surface area contributed by atoms with Gasteiger partial charge in [-0.15, -0.1) is 0 Å². The van der Waals surface area contributed by atoms with Gasteiger partial charge in [0, 0.05) is 35.7 Å². The lowest BCUT2D eigenvalue weighted by Gasteiger charge is -2.39. The normalized spacial score (nSPS) is 15.3. The number of carbonyl (C=O) groups is 2. The predicted octanol–water partition coefficient (Wildman–Crippen LogP) is 7.54. The summed E-state index contributed by atoms with van der Waals surface area (Å²) in [6.45, 7) is 8.11. The summed E-state index contributed by atoms with van der Waals surface area (Å²) in [5.41, 5.74) is 1.83. The summed E-state index contributed by atoms with van der Waals surface area (Å²) in [7, 11) is 0. The third-order valence-corrected chi connectivity index (χ3v) is 8.40. The Kier molecular flexibility index (Phi) is 11.6. The number of hydrogen-bond acceptors (Lipinski definition) is 3. The van der Waals surface area contributed by atoms with Crippen LogP contribution in [0.2, 0.25) is 5.02 Å². The fourth-order valence-corrected chi connectivity index (χ4v) is 5.38. The maximum Gasteiger partial charge on any atom is 0.264 e. The molecule has 2 amide bonds. The molecule has 1 aliphatic heterocycles. The quantitative estimate of drug-likeness (QED) is 0.209. The van der Waals surface area contributed by atoms with E-state index in [0.29, 0.717) is 39.5 Å². The minimum Gasteiger partial charge on any atom is -0.457 e. The molecule has 3 aromatic rings. The zero-order valence-corrected chi connectivity index (χ0v) is 27.0. The van der Waals surface area contributed by atoms with Crippen LogP contribution in [0.25, 0.3) is 12.2 Å². The molecule has 5 nitrogen and oxygen atoms in total. The molecule has 0 bridgehead atoms. The smallest absolute Gasteiger partial charge is 0.264 e. The lowest BCUT2D eigenvalue weighted by Crippen LogP contribution is -2.49. The van der Waals surface area contributed by atoms with Crippen molar-refractivity contribution in [3.63, 3.8) is 0 Å². The second-order valence-corrected chi connectivity index (χ2v) is 12.1. The fourth-order valence-electron chi connectivity index (χ4n) is 5.25. The molecule has 1 unspecified atom stereocenters. The number of nitrogens with one attached hydrogen (secondary N) is 1. The number of hydrogen-bond donors (Lipinski definition) is 1. The third-order valence-electron chi connectivity index (χ3n) is 8.15. The molecule has 45 heavy (non-hydrogen) atoms. The topological polar surface area (TPSA) is 58.6 Å². The Morgan fingerprint density at radius 3 is 2.33 bits per heavy atom. The van der Waals surface area contributed by atoms with E-state index in [-0.39, 0.29) is 12.3 Å². The maximum atomic E-state index is 13.6. The largest absolute Gasteiger partial charge is 0.457 e. The van der Waals surface area contributed by atoms with E-state index in [2.05, 4.69) is 30.5 Å². The Morgan fingerprint density at radius 2 is 1.71 bits per heavy atom. The van der Waals surface area contributed by atoms with Crippen molar-refractivity contribution in [2.45, 2.75) is 52.9 Å². The highest BCUT2D eigenvalue weighted by Gasteiger charge is 2.30. The number of rotatable bonds is 12. The van der Waals surface area contributed by atoms with Gasteiger partial charge in [0.25, 0.3) is 17.7 Å². The lowest BCUT2D eigenvalue weighted by molar-refractivity contribution is -0.00103.